The van der Waals surface area contributed by atoms with Crippen LogP contribution in [0.1, 0.15) is 19.4 Å². The number of nitrogens with zero attached hydrogens (tertiary/aromatic N) is 2. The molecule has 0 aliphatic rings. The number of anilines is 1. The number of rotatable bonds is 6. The maximum Gasteiger partial charge on any atom is 0.272 e. The topological polar surface area (TPSA) is 58.4 Å². The highest BCUT2D eigenvalue weighted by molar-refractivity contribution is 5.53. The molecule has 1 N–H and O–H groups in total. The van der Waals surface area contributed by atoms with Crippen LogP contribution in [0.3, 0.4) is 0 Å². The highest BCUT2D eigenvalue weighted by Gasteiger charge is 2.19. The SMILES string of the molecule is Cc1cc(NCC(C)(C)CN(C)C)ccc1[N+](=O)[O-]. The van der Waals surface area contributed by atoms with Gasteiger partial charge in [0.15, 0.2) is 0 Å². The highest BCUT2D eigenvalue weighted by Crippen LogP contribution is 2.23. The van der Waals surface area contributed by atoms with E-state index in [1.807, 2.05) is 6.07 Å². The molecule has 0 heterocycles. The lowest BCUT2D eigenvalue weighted by atomic mass is 9.93. The van der Waals surface area contributed by atoms with Crippen LogP contribution in [0.4, 0.5) is 11.4 Å². The van der Waals surface area contributed by atoms with E-state index in [-0.39, 0.29) is 16.0 Å². The third-order valence-corrected chi connectivity index (χ3v) is 2.91. The van der Waals surface area contributed by atoms with Crippen LogP contribution in [0.25, 0.3) is 0 Å². The highest BCUT2D eigenvalue weighted by atomic mass is 16.6. The summed E-state index contributed by atoms with van der Waals surface area (Å²) in [5, 5.41) is 14.1. The number of nitrogens with one attached hydrogen (secondary N) is 1. The normalized spacial score (nSPS) is 11.7. The number of nitro benzene ring substituents is 1. The van der Waals surface area contributed by atoms with Crippen LogP contribution in [0.5, 0.6) is 0 Å². The molecule has 0 bridgehead atoms. The van der Waals surface area contributed by atoms with Gasteiger partial charge in [0.25, 0.3) is 5.69 Å². The molecule has 1 aromatic rings. The molecule has 0 atom stereocenters. The second-order valence-electron chi connectivity index (χ2n) is 6.01. The molecule has 0 saturated carbocycles. The number of hydrogen-bond acceptors (Lipinski definition) is 4. The van der Waals surface area contributed by atoms with E-state index >= 15 is 0 Å². The van der Waals surface area contributed by atoms with Gasteiger partial charge in [-0.3, -0.25) is 10.1 Å². The number of hydrogen-bond donors (Lipinski definition) is 1. The quantitative estimate of drug-likeness (QED) is 0.634. The summed E-state index contributed by atoms with van der Waals surface area (Å²) in [6.45, 7) is 7.94. The predicted molar refractivity (Wildman–Crippen MR) is 78.7 cm³/mol. The standard InChI is InChI=1S/C14H23N3O2/c1-11-8-12(6-7-13(11)17(18)19)15-9-14(2,3)10-16(4)5/h6-8,15H,9-10H2,1-5H3. The Bertz CT molecular complexity index is 456. The van der Waals surface area contributed by atoms with E-state index < -0.39 is 0 Å². The molecule has 19 heavy (non-hydrogen) atoms. The second kappa shape index (κ2) is 6.02. The van der Waals surface area contributed by atoms with E-state index in [9.17, 15) is 10.1 Å². The minimum atomic E-state index is -0.352. The van der Waals surface area contributed by atoms with Gasteiger partial charge in [-0.15, -0.1) is 0 Å². The van der Waals surface area contributed by atoms with Crippen molar-refractivity contribution in [1.82, 2.24) is 4.90 Å². The van der Waals surface area contributed by atoms with Crippen LogP contribution in [-0.4, -0.2) is 37.0 Å². The zero-order valence-corrected chi connectivity index (χ0v) is 12.4. The van der Waals surface area contributed by atoms with Gasteiger partial charge >= 0.3 is 0 Å². The van der Waals surface area contributed by atoms with Crippen molar-refractivity contribution in [2.24, 2.45) is 5.41 Å². The monoisotopic (exact) mass is 265 g/mol. The fraction of sp³-hybridized carbons (Fsp3) is 0.571. The summed E-state index contributed by atoms with van der Waals surface area (Å²) in [4.78, 5) is 12.6. The molecule has 0 fully saturated rings. The molecule has 0 spiro atoms. The second-order valence-corrected chi connectivity index (χ2v) is 6.01. The lowest BCUT2D eigenvalue weighted by Gasteiger charge is -2.29. The molecular weight excluding hydrogens is 242 g/mol. The molecule has 0 aliphatic carbocycles. The summed E-state index contributed by atoms with van der Waals surface area (Å²) in [6.07, 6.45) is 0. The molecule has 5 heteroatoms. The lowest BCUT2D eigenvalue weighted by Crippen LogP contribution is -2.34. The van der Waals surface area contributed by atoms with Crippen LogP contribution >= 0.6 is 0 Å². The molecule has 1 aromatic carbocycles. The molecule has 0 amide bonds. The van der Waals surface area contributed by atoms with Crippen LogP contribution < -0.4 is 5.32 Å². The first-order valence-electron chi connectivity index (χ1n) is 6.35. The summed E-state index contributed by atoms with van der Waals surface area (Å²) in [5.74, 6) is 0. The Morgan fingerprint density at radius 2 is 2.00 bits per heavy atom. The Morgan fingerprint density at radius 3 is 2.47 bits per heavy atom. The van der Waals surface area contributed by atoms with Gasteiger partial charge in [0.1, 0.15) is 0 Å². The maximum absolute atomic E-state index is 10.8. The Hall–Kier alpha value is -1.62. The van der Waals surface area contributed by atoms with Crippen LogP contribution in [-0.2, 0) is 0 Å². The average molecular weight is 265 g/mol. The molecule has 1 rings (SSSR count). The molecule has 0 unspecified atom stereocenters. The van der Waals surface area contributed by atoms with E-state index in [2.05, 4.69) is 38.2 Å². The van der Waals surface area contributed by atoms with Crippen molar-refractivity contribution in [1.29, 1.82) is 0 Å². The van der Waals surface area contributed by atoms with E-state index in [0.717, 1.165) is 18.8 Å². The fourth-order valence-electron chi connectivity index (χ4n) is 2.22. The minimum absolute atomic E-state index is 0.138. The first-order valence-corrected chi connectivity index (χ1v) is 6.35. The van der Waals surface area contributed by atoms with Crippen LogP contribution in [0.15, 0.2) is 18.2 Å². The first kappa shape index (κ1) is 15.4. The third kappa shape index (κ3) is 4.87. The van der Waals surface area contributed by atoms with E-state index in [1.165, 1.54) is 0 Å². The van der Waals surface area contributed by atoms with Gasteiger partial charge in [-0.25, -0.2) is 0 Å². The van der Waals surface area contributed by atoms with Crippen molar-refractivity contribution in [2.75, 3.05) is 32.5 Å². The van der Waals surface area contributed by atoms with Gasteiger partial charge in [0.2, 0.25) is 0 Å². The molecule has 0 aliphatic heterocycles. The number of aryl methyl sites for hydroxylation is 1. The zero-order chi connectivity index (χ0) is 14.6. The van der Waals surface area contributed by atoms with Crippen molar-refractivity contribution in [3.8, 4) is 0 Å². The summed E-state index contributed by atoms with van der Waals surface area (Å²) in [6, 6.07) is 5.14. The van der Waals surface area contributed by atoms with Gasteiger partial charge < -0.3 is 10.2 Å². The lowest BCUT2D eigenvalue weighted by molar-refractivity contribution is -0.385. The largest absolute Gasteiger partial charge is 0.384 e. The molecule has 0 aromatic heterocycles. The van der Waals surface area contributed by atoms with Crippen molar-refractivity contribution in [2.45, 2.75) is 20.8 Å². The summed E-state index contributed by atoms with van der Waals surface area (Å²) in [7, 11) is 4.11. The van der Waals surface area contributed by atoms with Crippen LogP contribution in [0.2, 0.25) is 0 Å². The Kier molecular flexibility index (Phi) is 4.89. The van der Waals surface area contributed by atoms with E-state index in [1.54, 1.807) is 19.1 Å². The Morgan fingerprint density at radius 1 is 1.37 bits per heavy atom. The van der Waals surface area contributed by atoms with Gasteiger partial charge in [-0.05, 0) is 38.6 Å². The zero-order valence-electron chi connectivity index (χ0n) is 12.4. The molecule has 5 nitrogen and oxygen atoms in total. The number of nitro groups is 1. The summed E-state index contributed by atoms with van der Waals surface area (Å²) in [5.41, 5.74) is 1.91. The Balaban J connectivity index is 2.69. The van der Waals surface area contributed by atoms with Crippen molar-refractivity contribution in [3.63, 3.8) is 0 Å². The van der Waals surface area contributed by atoms with E-state index in [0.29, 0.717) is 5.56 Å². The van der Waals surface area contributed by atoms with Gasteiger partial charge in [0, 0.05) is 30.4 Å². The smallest absolute Gasteiger partial charge is 0.272 e. The van der Waals surface area contributed by atoms with Crippen molar-refractivity contribution < 1.29 is 4.92 Å². The third-order valence-electron chi connectivity index (χ3n) is 2.91. The fourth-order valence-corrected chi connectivity index (χ4v) is 2.22. The molecule has 0 radical (unpaired) electrons. The Labute approximate surface area is 114 Å². The molecule has 0 saturated heterocycles. The summed E-state index contributed by atoms with van der Waals surface area (Å²) >= 11 is 0. The maximum atomic E-state index is 10.8. The van der Waals surface area contributed by atoms with Gasteiger partial charge in [-0.2, -0.15) is 0 Å². The molecular formula is C14H23N3O2. The first-order chi connectivity index (χ1) is 8.71. The van der Waals surface area contributed by atoms with Gasteiger partial charge in [0.05, 0.1) is 4.92 Å². The predicted octanol–water partition coefficient (Wildman–Crippen LogP) is 2.90. The van der Waals surface area contributed by atoms with Gasteiger partial charge in [-0.1, -0.05) is 13.8 Å². The van der Waals surface area contributed by atoms with Crippen molar-refractivity contribution in [3.05, 3.63) is 33.9 Å². The number of benzene rings is 1. The van der Waals surface area contributed by atoms with Crippen LogP contribution in [0, 0.1) is 22.5 Å². The van der Waals surface area contributed by atoms with E-state index in [4.69, 9.17) is 0 Å². The minimum Gasteiger partial charge on any atom is -0.384 e. The molecule has 106 valence electrons. The average Bonchev–Trinajstić information content (AvgIpc) is 2.24. The van der Waals surface area contributed by atoms with Crippen molar-refractivity contribution >= 4 is 11.4 Å². The summed E-state index contributed by atoms with van der Waals surface area (Å²) < 4.78 is 0.